The lowest BCUT2D eigenvalue weighted by molar-refractivity contribution is -0.122. The Morgan fingerprint density at radius 2 is 1.63 bits per heavy atom. The average molecular weight is 471 g/mol. The number of Topliss-reactive ketones (excluding diaryl/α,β-unsaturated/α-hetero) is 1. The van der Waals surface area contributed by atoms with Gasteiger partial charge in [-0.1, -0.05) is 36.4 Å². The highest BCUT2D eigenvalue weighted by Crippen LogP contribution is 2.27. The lowest BCUT2D eigenvalue weighted by Gasteiger charge is -2.18. The SMILES string of the molecule is Cc1ccc(N2C[C@H](C(=O)Nc3ccc(C(=O)OCC(=O)c4ccccc4)cc3)CC2=O)cc1C. The van der Waals surface area contributed by atoms with Crippen LogP contribution in [0.4, 0.5) is 11.4 Å². The average Bonchev–Trinajstić information content (AvgIpc) is 3.26. The molecule has 1 fully saturated rings. The number of hydrogen-bond donors (Lipinski definition) is 1. The molecule has 1 heterocycles. The molecule has 3 aromatic carbocycles. The van der Waals surface area contributed by atoms with Gasteiger partial charge in [0.15, 0.2) is 12.4 Å². The van der Waals surface area contributed by atoms with Crippen LogP contribution in [0.1, 0.15) is 38.3 Å². The molecule has 0 unspecified atom stereocenters. The molecule has 7 heteroatoms. The van der Waals surface area contributed by atoms with Crippen molar-refractivity contribution in [1.29, 1.82) is 0 Å². The molecule has 1 aliphatic rings. The Balaban J connectivity index is 1.31. The van der Waals surface area contributed by atoms with Gasteiger partial charge in [-0.25, -0.2) is 4.79 Å². The van der Waals surface area contributed by atoms with E-state index < -0.39 is 11.9 Å². The molecule has 1 atom stereocenters. The molecule has 35 heavy (non-hydrogen) atoms. The summed E-state index contributed by atoms with van der Waals surface area (Å²) in [6.45, 7) is 3.96. The molecule has 0 aliphatic carbocycles. The molecule has 0 spiro atoms. The number of esters is 1. The zero-order valence-electron chi connectivity index (χ0n) is 19.6. The van der Waals surface area contributed by atoms with Crippen LogP contribution in [0.3, 0.4) is 0 Å². The number of rotatable bonds is 7. The van der Waals surface area contributed by atoms with Crippen molar-refractivity contribution in [3.63, 3.8) is 0 Å². The predicted molar refractivity (Wildman–Crippen MR) is 133 cm³/mol. The number of aryl methyl sites for hydroxylation is 2. The fraction of sp³-hybridized carbons (Fsp3) is 0.214. The van der Waals surface area contributed by atoms with Gasteiger partial charge in [-0.15, -0.1) is 0 Å². The molecule has 0 aromatic heterocycles. The Morgan fingerprint density at radius 1 is 0.914 bits per heavy atom. The molecule has 0 bridgehead atoms. The maximum absolute atomic E-state index is 12.8. The standard InChI is InChI=1S/C28H26N2O5/c1-18-8-13-24(14-19(18)2)30-16-22(15-26(30)32)27(33)29-23-11-9-21(10-12-23)28(34)35-17-25(31)20-6-4-3-5-7-20/h3-14,22H,15-17H2,1-2H3,(H,29,33)/t22-/m1/s1. The molecule has 7 nitrogen and oxygen atoms in total. The highest BCUT2D eigenvalue weighted by Gasteiger charge is 2.35. The van der Waals surface area contributed by atoms with Crippen molar-refractivity contribution in [2.75, 3.05) is 23.4 Å². The van der Waals surface area contributed by atoms with Crippen LogP contribution >= 0.6 is 0 Å². The Kier molecular flexibility index (Phi) is 7.06. The third kappa shape index (κ3) is 5.63. The summed E-state index contributed by atoms with van der Waals surface area (Å²) in [5.41, 5.74) is 4.27. The molecule has 0 saturated carbocycles. The van der Waals surface area contributed by atoms with Crippen molar-refractivity contribution in [2.24, 2.45) is 5.92 Å². The van der Waals surface area contributed by atoms with Crippen molar-refractivity contribution < 1.29 is 23.9 Å². The van der Waals surface area contributed by atoms with Gasteiger partial charge in [-0.05, 0) is 61.4 Å². The van der Waals surface area contributed by atoms with Crippen LogP contribution in [0.2, 0.25) is 0 Å². The smallest absolute Gasteiger partial charge is 0.338 e. The van der Waals surface area contributed by atoms with Gasteiger partial charge in [-0.3, -0.25) is 14.4 Å². The molecule has 0 radical (unpaired) electrons. The number of nitrogens with one attached hydrogen (secondary N) is 1. The van der Waals surface area contributed by atoms with E-state index in [1.165, 1.54) is 12.1 Å². The van der Waals surface area contributed by atoms with Crippen LogP contribution in [-0.4, -0.2) is 36.7 Å². The van der Waals surface area contributed by atoms with Crippen LogP contribution in [0.5, 0.6) is 0 Å². The normalized spacial score (nSPS) is 15.1. The van der Waals surface area contributed by atoms with Gasteiger partial charge in [0, 0.05) is 29.9 Å². The summed E-state index contributed by atoms with van der Waals surface area (Å²) in [5, 5.41) is 2.81. The van der Waals surface area contributed by atoms with Gasteiger partial charge in [0.1, 0.15) is 0 Å². The summed E-state index contributed by atoms with van der Waals surface area (Å²) in [4.78, 5) is 51.3. The second kappa shape index (κ2) is 10.3. The Labute approximate surface area is 203 Å². The van der Waals surface area contributed by atoms with E-state index in [-0.39, 0.29) is 36.2 Å². The second-order valence-electron chi connectivity index (χ2n) is 8.61. The summed E-state index contributed by atoms with van der Waals surface area (Å²) in [6.07, 6.45) is 0.138. The molecule has 2 amide bonds. The van der Waals surface area contributed by atoms with E-state index in [0.29, 0.717) is 17.8 Å². The molecule has 178 valence electrons. The van der Waals surface area contributed by atoms with Crippen molar-refractivity contribution >= 4 is 34.9 Å². The molecule has 1 N–H and O–H groups in total. The van der Waals surface area contributed by atoms with Crippen LogP contribution in [0.25, 0.3) is 0 Å². The minimum atomic E-state index is -0.627. The quantitative estimate of drug-likeness (QED) is 0.410. The fourth-order valence-electron chi connectivity index (χ4n) is 3.88. The van der Waals surface area contributed by atoms with Crippen LogP contribution in [0.15, 0.2) is 72.8 Å². The first-order valence-corrected chi connectivity index (χ1v) is 11.4. The Hall–Kier alpha value is -4.26. The zero-order valence-corrected chi connectivity index (χ0v) is 19.6. The maximum Gasteiger partial charge on any atom is 0.338 e. The first-order valence-electron chi connectivity index (χ1n) is 11.4. The summed E-state index contributed by atoms with van der Waals surface area (Å²) in [7, 11) is 0. The monoisotopic (exact) mass is 470 g/mol. The van der Waals surface area contributed by atoms with E-state index >= 15 is 0 Å². The highest BCUT2D eigenvalue weighted by molar-refractivity contribution is 6.04. The van der Waals surface area contributed by atoms with Crippen LogP contribution in [-0.2, 0) is 14.3 Å². The Bertz CT molecular complexity index is 1270. The summed E-state index contributed by atoms with van der Waals surface area (Å²) >= 11 is 0. The molecular formula is C28H26N2O5. The first-order chi connectivity index (χ1) is 16.8. The summed E-state index contributed by atoms with van der Waals surface area (Å²) in [5.74, 6) is -1.73. The summed E-state index contributed by atoms with van der Waals surface area (Å²) < 4.78 is 5.11. The largest absolute Gasteiger partial charge is 0.454 e. The third-order valence-corrected chi connectivity index (χ3v) is 6.12. The zero-order chi connectivity index (χ0) is 24.9. The number of carbonyl (C=O) groups is 4. The van der Waals surface area contributed by atoms with Crippen molar-refractivity contribution in [1.82, 2.24) is 0 Å². The number of anilines is 2. The van der Waals surface area contributed by atoms with E-state index in [2.05, 4.69) is 5.32 Å². The molecule has 4 rings (SSSR count). The minimum Gasteiger partial charge on any atom is -0.454 e. The van der Waals surface area contributed by atoms with Gasteiger partial charge >= 0.3 is 5.97 Å². The van der Waals surface area contributed by atoms with E-state index in [0.717, 1.165) is 16.8 Å². The predicted octanol–water partition coefficient (Wildman–Crippen LogP) is 4.33. The third-order valence-electron chi connectivity index (χ3n) is 6.12. The molecule has 1 aliphatic heterocycles. The second-order valence-corrected chi connectivity index (χ2v) is 8.61. The van der Waals surface area contributed by atoms with E-state index in [9.17, 15) is 19.2 Å². The van der Waals surface area contributed by atoms with E-state index in [1.807, 2.05) is 32.0 Å². The van der Waals surface area contributed by atoms with Gasteiger partial charge in [-0.2, -0.15) is 0 Å². The van der Waals surface area contributed by atoms with Gasteiger partial charge in [0.25, 0.3) is 0 Å². The lowest BCUT2D eigenvalue weighted by Crippen LogP contribution is -2.28. The number of ether oxygens (including phenoxy) is 1. The topological polar surface area (TPSA) is 92.8 Å². The van der Waals surface area contributed by atoms with E-state index in [1.54, 1.807) is 47.4 Å². The minimum absolute atomic E-state index is 0.0865. The van der Waals surface area contributed by atoms with E-state index in [4.69, 9.17) is 4.74 Å². The van der Waals surface area contributed by atoms with Crippen molar-refractivity contribution in [3.8, 4) is 0 Å². The number of carbonyl (C=O) groups excluding carboxylic acids is 4. The van der Waals surface area contributed by atoms with Crippen LogP contribution in [0, 0.1) is 19.8 Å². The van der Waals surface area contributed by atoms with Crippen LogP contribution < -0.4 is 10.2 Å². The number of benzene rings is 3. The number of nitrogens with zero attached hydrogens (tertiary/aromatic N) is 1. The number of ketones is 1. The lowest BCUT2D eigenvalue weighted by atomic mass is 10.1. The summed E-state index contributed by atoms with van der Waals surface area (Å²) in [6, 6.07) is 20.6. The molecule has 1 saturated heterocycles. The number of hydrogen-bond acceptors (Lipinski definition) is 5. The fourth-order valence-corrected chi connectivity index (χ4v) is 3.88. The first kappa shape index (κ1) is 23.9. The van der Waals surface area contributed by atoms with Gasteiger partial charge in [0.05, 0.1) is 11.5 Å². The number of amides is 2. The van der Waals surface area contributed by atoms with Gasteiger partial charge < -0.3 is 15.0 Å². The Morgan fingerprint density at radius 3 is 2.31 bits per heavy atom. The van der Waals surface area contributed by atoms with Gasteiger partial charge in [0.2, 0.25) is 11.8 Å². The van der Waals surface area contributed by atoms with Crippen molar-refractivity contribution in [2.45, 2.75) is 20.3 Å². The van der Waals surface area contributed by atoms with Crippen molar-refractivity contribution in [3.05, 3.63) is 95.1 Å². The maximum atomic E-state index is 12.8. The molecule has 3 aromatic rings. The molecular weight excluding hydrogens is 444 g/mol. The highest BCUT2D eigenvalue weighted by atomic mass is 16.5.